The largest absolute Gasteiger partial charge is 0.389 e. The monoisotopic (exact) mass is 168 g/mol. The van der Waals surface area contributed by atoms with Gasteiger partial charge >= 0.3 is 0 Å². The van der Waals surface area contributed by atoms with Crippen molar-refractivity contribution in [3.8, 4) is 0 Å². The number of aliphatic hydroxyl groups excluding tert-OH is 1. The molecule has 1 aliphatic rings. The number of aliphatic hydroxyl groups is 1. The summed E-state index contributed by atoms with van der Waals surface area (Å²) in [6, 6.07) is 0. The Morgan fingerprint density at radius 1 is 1.58 bits per heavy atom. The number of hydrogen-bond acceptors (Lipinski definition) is 2. The molecule has 0 heterocycles. The first-order valence-electron chi connectivity index (χ1n) is 4.42. The second-order valence-electron chi connectivity index (χ2n) is 3.89. The van der Waals surface area contributed by atoms with E-state index in [2.05, 4.69) is 0 Å². The maximum Gasteiger partial charge on any atom is 0.159 e. The van der Waals surface area contributed by atoms with Gasteiger partial charge in [-0.05, 0) is 30.9 Å². The van der Waals surface area contributed by atoms with Gasteiger partial charge in [0.15, 0.2) is 5.78 Å². The van der Waals surface area contributed by atoms with Gasteiger partial charge in [0, 0.05) is 5.92 Å². The summed E-state index contributed by atoms with van der Waals surface area (Å²) in [5.41, 5.74) is 0.803. The lowest BCUT2D eigenvalue weighted by molar-refractivity contribution is -0.121. The maximum absolute atomic E-state index is 11.4. The van der Waals surface area contributed by atoms with Crippen molar-refractivity contribution in [1.29, 1.82) is 0 Å². The van der Waals surface area contributed by atoms with Crippen LogP contribution in [0.25, 0.3) is 0 Å². The summed E-state index contributed by atoms with van der Waals surface area (Å²) < 4.78 is 0. The van der Waals surface area contributed by atoms with E-state index in [0.29, 0.717) is 12.3 Å². The quantitative estimate of drug-likeness (QED) is 0.644. The van der Waals surface area contributed by atoms with Crippen molar-refractivity contribution in [1.82, 2.24) is 0 Å². The summed E-state index contributed by atoms with van der Waals surface area (Å²) in [7, 11) is 0. The molecule has 0 saturated carbocycles. The van der Waals surface area contributed by atoms with Gasteiger partial charge in [0.1, 0.15) is 0 Å². The first kappa shape index (κ1) is 9.46. The molecule has 2 heteroatoms. The summed E-state index contributed by atoms with van der Waals surface area (Å²) in [5.74, 6) is 0.521. The second-order valence-corrected chi connectivity index (χ2v) is 3.89. The molecule has 0 saturated heterocycles. The van der Waals surface area contributed by atoms with Gasteiger partial charge in [0.05, 0.1) is 6.10 Å². The highest BCUT2D eigenvalue weighted by Crippen LogP contribution is 2.26. The zero-order chi connectivity index (χ0) is 9.30. The third-order valence-corrected chi connectivity index (χ3v) is 2.54. The molecule has 2 nitrogen and oxygen atoms in total. The number of ketones is 1. The Labute approximate surface area is 73.3 Å². The number of hydrogen-bond donors (Lipinski definition) is 1. The summed E-state index contributed by atoms with van der Waals surface area (Å²) in [5, 5.41) is 9.49. The minimum absolute atomic E-state index is 0.0173. The van der Waals surface area contributed by atoms with Crippen LogP contribution >= 0.6 is 0 Å². The van der Waals surface area contributed by atoms with Crippen molar-refractivity contribution in [3.63, 3.8) is 0 Å². The molecule has 0 radical (unpaired) electrons. The first-order valence-corrected chi connectivity index (χ1v) is 4.42. The molecule has 0 aromatic heterocycles. The Morgan fingerprint density at radius 2 is 2.17 bits per heavy atom. The van der Waals surface area contributed by atoms with Crippen molar-refractivity contribution in [2.75, 3.05) is 0 Å². The molecule has 1 aliphatic carbocycles. The van der Waals surface area contributed by atoms with Crippen LogP contribution < -0.4 is 0 Å². The highest BCUT2D eigenvalue weighted by Gasteiger charge is 2.28. The molecule has 0 spiro atoms. The molecule has 0 amide bonds. The minimum atomic E-state index is -0.407. The number of carbonyl (C=O) groups excluding carboxylic acids is 1. The standard InChI is InChI=1S/C10H16O2/c1-6(2)8-5-9(11)7(3)4-10(8)12/h4,6,8-9,11H,5H2,1-3H3/t8-,9+/m1/s1. The van der Waals surface area contributed by atoms with E-state index in [9.17, 15) is 9.90 Å². The molecule has 68 valence electrons. The van der Waals surface area contributed by atoms with Crippen molar-refractivity contribution in [2.45, 2.75) is 33.3 Å². The summed E-state index contributed by atoms with van der Waals surface area (Å²) >= 11 is 0. The topological polar surface area (TPSA) is 37.3 Å². The van der Waals surface area contributed by atoms with Crippen molar-refractivity contribution in [2.24, 2.45) is 11.8 Å². The van der Waals surface area contributed by atoms with Gasteiger partial charge in [-0.2, -0.15) is 0 Å². The summed E-state index contributed by atoms with van der Waals surface area (Å²) in [6.45, 7) is 5.84. The normalized spacial score (nSPS) is 30.8. The van der Waals surface area contributed by atoms with Crippen molar-refractivity contribution >= 4 is 5.78 Å². The van der Waals surface area contributed by atoms with Gasteiger partial charge in [-0.15, -0.1) is 0 Å². The van der Waals surface area contributed by atoms with Crippen LogP contribution in [0.1, 0.15) is 27.2 Å². The summed E-state index contributed by atoms with van der Waals surface area (Å²) in [4.78, 5) is 11.4. The van der Waals surface area contributed by atoms with Crippen LogP contribution in [-0.4, -0.2) is 17.0 Å². The number of rotatable bonds is 1. The Hall–Kier alpha value is -0.630. The maximum atomic E-state index is 11.4. The van der Waals surface area contributed by atoms with E-state index in [-0.39, 0.29) is 11.7 Å². The third kappa shape index (κ3) is 1.75. The lowest BCUT2D eigenvalue weighted by Crippen LogP contribution is -2.29. The molecular formula is C10H16O2. The van der Waals surface area contributed by atoms with Crippen LogP contribution in [0.4, 0.5) is 0 Å². The fourth-order valence-corrected chi connectivity index (χ4v) is 1.57. The molecule has 1 N–H and O–H groups in total. The predicted molar refractivity (Wildman–Crippen MR) is 47.7 cm³/mol. The average Bonchev–Trinajstić information content (AvgIpc) is 1.96. The fourth-order valence-electron chi connectivity index (χ4n) is 1.57. The Balaban J connectivity index is 2.79. The van der Waals surface area contributed by atoms with Crippen molar-refractivity contribution in [3.05, 3.63) is 11.6 Å². The molecule has 0 bridgehead atoms. The van der Waals surface area contributed by atoms with Crippen molar-refractivity contribution < 1.29 is 9.90 Å². The Morgan fingerprint density at radius 3 is 2.67 bits per heavy atom. The van der Waals surface area contributed by atoms with E-state index in [1.54, 1.807) is 13.0 Å². The van der Waals surface area contributed by atoms with E-state index in [1.165, 1.54) is 0 Å². The van der Waals surface area contributed by atoms with Crippen LogP contribution in [0.15, 0.2) is 11.6 Å². The molecule has 0 unspecified atom stereocenters. The second kappa shape index (κ2) is 3.40. The molecule has 1 rings (SSSR count). The van der Waals surface area contributed by atoms with Crippen LogP contribution in [0.3, 0.4) is 0 Å². The van der Waals surface area contributed by atoms with Gasteiger partial charge in [-0.1, -0.05) is 13.8 Å². The number of allylic oxidation sites excluding steroid dienone is 1. The van der Waals surface area contributed by atoms with E-state index in [4.69, 9.17) is 0 Å². The van der Waals surface area contributed by atoms with Gasteiger partial charge in [0.25, 0.3) is 0 Å². The van der Waals surface area contributed by atoms with Gasteiger partial charge in [-0.25, -0.2) is 0 Å². The van der Waals surface area contributed by atoms with Crippen LogP contribution in [0.5, 0.6) is 0 Å². The van der Waals surface area contributed by atoms with Crippen LogP contribution in [-0.2, 0) is 4.79 Å². The highest BCUT2D eigenvalue weighted by molar-refractivity contribution is 5.93. The van der Waals surface area contributed by atoms with Gasteiger partial charge < -0.3 is 5.11 Å². The zero-order valence-corrected chi connectivity index (χ0v) is 7.87. The van der Waals surface area contributed by atoms with E-state index in [1.807, 2.05) is 13.8 Å². The molecular weight excluding hydrogens is 152 g/mol. The first-order chi connectivity index (χ1) is 5.52. The van der Waals surface area contributed by atoms with E-state index >= 15 is 0 Å². The third-order valence-electron chi connectivity index (χ3n) is 2.54. The lowest BCUT2D eigenvalue weighted by atomic mass is 9.80. The molecule has 0 fully saturated rings. The fraction of sp³-hybridized carbons (Fsp3) is 0.700. The highest BCUT2D eigenvalue weighted by atomic mass is 16.3. The minimum Gasteiger partial charge on any atom is -0.389 e. The van der Waals surface area contributed by atoms with Crippen LogP contribution in [0.2, 0.25) is 0 Å². The molecule has 0 aromatic rings. The SMILES string of the molecule is CC1=CC(=O)[C@@H](C(C)C)C[C@@H]1O. The van der Waals surface area contributed by atoms with E-state index < -0.39 is 6.10 Å². The Kier molecular flexibility index (Phi) is 2.68. The van der Waals surface area contributed by atoms with Crippen LogP contribution in [0, 0.1) is 11.8 Å². The molecule has 0 aromatic carbocycles. The molecule has 12 heavy (non-hydrogen) atoms. The van der Waals surface area contributed by atoms with Gasteiger partial charge in [0.2, 0.25) is 0 Å². The smallest absolute Gasteiger partial charge is 0.159 e. The lowest BCUT2D eigenvalue weighted by Gasteiger charge is -2.26. The Bertz CT molecular complexity index is 216. The summed E-state index contributed by atoms with van der Waals surface area (Å²) in [6.07, 6.45) is 1.77. The van der Waals surface area contributed by atoms with E-state index in [0.717, 1.165) is 5.57 Å². The molecule has 0 aliphatic heterocycles. The van der Waals surface area contributed by atoms with Gasteiger partial charge in [-0.3, -0.25) is 4.79 Å². The molecule has 2 atom stereocenters. The number of carbonyl (C=O) groups is 1. The average molecular weight is 168 g/mol. The predicted octanol–water partition coefficient (Wildman–Crippen LogP) is 1.54. The zero-order valence-electron chi connectivity index (χ0n) is 7.87.